The molecule has 1 unspecified atom stereocenters. The molecule has 1 aliphatic heterocycles. The molecule has 1 aromatic rings. The number of nitrogen functional groups attached to an aromatic ring is 1. The lowest BCUT2D eigenvalue weighted by Crippen LogP contribution is -2.02. The first-order valence-corrected chi connectivity index (χ1v) is 4.64. The number of hydrogen-bond donors (Lipinski definition) is 2. The Hall–Kier alpha value is -1.48. The van der Waals surface area contributed by atoms with Crippen molar-refractivity contribution in [2.75, 3.05) is 12.3 Å². The Morgan fingerprint density at radius 3 is 2.57 bits per heavy atom. The number of nitrogens with two attached hydrogens (primary N) is 1. The first-order chi connectivity index (χ1) is 6.77. The summed E-state index contributed by atoms with van der Waals surface area (Å²) in [5.41, 5.74) is 7.06. The van der Waals surface area contributed by atoms with Crippen LogP contribution in [-0.2, 0) is 4.74 Å². The molecular formula is C11H13NO2. The molecule has 1 atom stereocenters. The zero-order valence-electron chi connectivity index (χ0n) is 7.81. The smallest absolute Gasteiger partial charge is 0.136 e. The van der Waals surface area contributed by atoms with Crippen molar-refractivity contribution in [3.8, 4) is 0 Å². The summed E-state index contributed by atoms with van der Waals surface area (Å²) in [4.78, 5) is 0. The van der Waals surface area contributed by atoms with E-state index in [1.807, 2.05) is 18.2 Å². The summed E-state index contributed by atoms with van der Waals surface area (Å²) in [5, 5.41) is 9.88. The van der Waals surface area contributed by atoms with E-state index in [-0.39, 0.29) is 0 Å². The average molecular weight is 191 g/mol. The Balaban J connectivity index is 2.18. The molecule has 0 spiro atoms. The van der Waals surface area contributed by atoms with Gasteiger partial charge in [-0.2, -0.15) is 0 Å². The van der Waals surface area contributed by atoms with Gasteiger partial charge in [0.15, 0.2) is 0 Å². The third kappa shape index (κ3) is 1.72. The third-order valence-corrected chi connectivity index (χ3v) is 2.25. The van der Waals surface area contributed by atoms with E-state index in [0.29, 0.717) is 18.1 Å². The van der Waals surface area contributed by atoms with E-state index in [1.54, 1.807) is 12.1 Å². The van der Waals surface area contributed by atoms with Gasteiger partial charge in [0.2, 0.25) is 0 Å². The fourth-order valence-electron chi connectivity index (χ4n) is 1.47. The van der Waals surface area contributed by atoms with Crippen LogP contribution < -0.4 is 5.73 Å². The van der Waals surface area contributed by atoms with Crippen LogP contribution in [0.4, 0.5) is 5.69 Å². The van der Waals surface area contributed by atoms with Crippen molar-refractivity contribution in [3.05, 3.63) is 41.7 Å². The molecule has 1 aromatic carbocycles. The quantitative estimate of drug-likeness (QED) is 0.698. The Morgan fingerprint density at radius 2 is 2.00 bits per heavy atom. The average Bonchev–Trinajstić information content (AvgIpc) is 2.71. The lowest BCUT2D eigenvalue weighted by Gasteiger charge is -2.12. The van der Waals surface area contributed by atoms with Crippen LogP contribution in [0.5, 0.6) is 0 Å². The van der Waals surface area contributed by atoms with Gasteiger partial charge in [-0.3, -0.25) is 0 Å². The van der Waals surface area contributed by atoms with Crippen molar-refractivity contribution < 1.29 is 9.84 Å². The highest BCUT2D eigenvalue weighted by Crippen LogP contribution is 2.26. The highest BCUT2D eigenvalue weighted by atomic mass is 16.5. The van der Waals surface area contributed by atoms with Crippen molar-refractivity contribution in [3.63, 3.8) is 0 Å². The van der Waals surface area contributed by atoms with Gasteiger partial charge in [-0.25, -0.2) is 0 Å². The molecule has 3 heteroatoms. The third-order valence-electron chi connectivity index (χ3n) is 2.25. The SMILES string of the molecule is Nc1ccc(C(O)C2=CCCO2)cc1. The van der Waals surface area contributed by atoms with Crippen molar-refractivity contribution in [1.29, 1.82) is 0 Å². The second-order valence-electron chi connectivity index (χ2n) is 3.31. The van der Waals surface area contributed by atoms with E-state index < -0.39 is 6.10 Å². The second kappa shape index (κ2) is 3.72. The number of benzene rings is 1. The maximum atomic E-state index is 9.88. The predicted molar refractivity (Wildman–Crippen MR) is 54.5 cm³/mol. The van der Waals surface area contributed by atoms with Gasteiger partial charge in [0, 0.05) is 12.1 Å². The Labute approximate surface area is 82.8 Å². The topological polar surface area (TPSA) is 55.5 Å². The van der Waals surface area contributed by atoms with Crippen molar-refractivity contribution in [2.45, 2.75) is 12.5 Å². The van der Waals surface area contributed by atoms with Gasteiger partial charge in [0.1, 0.15) is 11.9 Å². The summed E-state index contributed by atoms with van der Waals surface area (Å²) in [6.45, 7) is 0.668. The summed E-state index contributed by atoms with van der Waals surface area (Å²) in [5.74, 6) is 0.648. The fourth-order valence-corrected chi connectivity index (χ4v) is 1.47. The van der Waals surface area contributed by atoms with Crippen LogP contribution in [0.15, 0.2) is 36.1 Å². The van der Waals surface area contributed by atoms with Gasteiger partial charge in [-0.05, 0) is 23.8 Å². The van der Waals surface area contributed by atoms with Gasteiger partial charge in [-0.15, -0.1) is 0 Å². The van der Waals surface area contributed by atoms with E-state index in [9.17, 15) is 5.11 Å². The summed E-state index contributed by atoms with van der Waals surface area (Å²) >= 11 is 0. The van der Waals surface area contributed by atoms with E-state index in [2.05, 4.69) is 0 Å². The van der Waals surface area contributed by atoms with Gasteiger partial charge in [0.05, 0.1) is 6.61 Å². The molecule has 3 N–H and O–H groups in total. The van der Waals surface area contributed by atoms with Gasteiger partial charge >= 0.3 is 0 Å². The molecule has 0 saturated carbocycles. The minimum atomic E-state index is -0.655. The van der Waals surface area contributed by atoms with Gasteiger partial charge in [0.25, 0.3) is 0 Å². The molecule has 0 fully saturated rings. The monoisotopic (exact) mass is 191 g/mol. The second-order valence-corrected chi connectivity index (χ2v) is 3.31. The largest absolute Gasteiger partial charge is 0.495 e. The van der Waals surface area contributed by atoms with Gasteiger partial charge < -0.3 is 15.6 Å². The molecule has 14 heavy (non-hydrogen) atoms. The Kier molecular flexibility index (Phi) is 2.41. The van der Waals surface area contributed by atoms with Crippen LogP contribution in [0, 0.1) is 0 Å². The standard InChI is InChI=1S/C11H13NO2/c12-9-5-3-8(4-6-9)11(13)10-2-1-7-14-10/h2-6,11,13H,1,7,12H2. The number of aliphatic hydroxyl groups excluding tert-OH is 1. The Bertz CT molecular complexity index is 343. The molecule has 0 radical (unpaired) electrons. The van der Waals surface area contributed by atoms with Crippen LogP contribution >= 0.6 is 0 Å². The molecule has 0 aliphatic carbocycles. The Morgan fingerprint density at radius 1 is 1.29 bits per heavy atom. The summed E-state index contributed by atoms with van der Waals surface area (Å²) in [6.07, 6.45) is 2.14. The van der Waals surface area contributed by atoms with Crippen LogP contribution in [0.2, 0.25) is 0 Å². The molecule has 3 nitrogen and oxygen atoms in total. The normalized spacial score (nSPS) is 17.4. The zero-order valence-corrected chi connectivity index (χ0v) is 7.81. The zero-order chi connectivity index (χ0) is 9.97. The number of ether oxygens (including phenoxy) is 1. The molecule has 1 aliphatic rings. The molecule has 2 rings (SSSR count). The van der Waals surface area contributed by atoms with Gasteiger partial charge in [-0.1, -0.05) is 12.1 Å². The van der Waals surface area contributed by atoms with Crippen LogP contribution in [0.25, 0.3) is 0 Å². The van der Waals surface area contributed by atoms with E-state index in [0.717, 1.165) is 12.0 Å². The van der Waals surface area contributed by atoms with Crippen LogP contribution in [0.1, 0.15) is 18.1 Å². The minimum absolute atomic E-state index is 0.648. The first-order valence-electron chi connectivity index (χ1n) is 4.64. The maximum Gasteiger partial charge on any atom is 0.136 e. The van der Waals surface area contributed by atoms with E-state index in [4.69, 9.17) is 10.5 Å². The minimum Gasteiger partial charge on any atom is -0.495 e. The molecule has 74 valence electrons. The number of aliphatic hydroxyl groups is 1. The summed E-state index contributed by atoms with van der Waals surface area (Å²) in [6, 6.07) is 7.16. The molecular weight excluding hydrogens is 178 g/mol. The van der Waals surface area contributed by atoms with E-state index >= 15 is 0 Å². The van der Waals surface area contributed by atoms with Crippen molar-refractivity contribution in [1.82, 2.24) is 0 Å². The molecule has 0 aromatic heterocycles. The number of hydrogen-bond acceptors (Lipinski definition) is 3. The summed E-state index contributed by atoms with van der Waals surface area (Å²) in [7, 11) is 0. The van der Waals surface area contributed by atoms with Crippen LogP contribution in [-0.4, -0.2) is 11.7 Å². The van der Waals surface area contributed by atoms with Crippen LogP contribution in [0.3, 0.4) is 0 Å². The lowest BCUT2D eigenvalue weighted by atomic mass is 10.1. The number of anilines is 1. The van der Waals surface area contributed by atoms with Crippen molar-refractivity contribution in [2.24, 2.45) is 0 Å². The predicted octanol–water partition coefficient (Wildman–Crippen LogP) is 1.61. The van der Waals surface area contributed by atoms with E-state index in [1.165, 1.54) is 0 Å². The molecule has 0 saturated heterocycles. The fraction of sp³-hybridized carbons (Fsp3) is 0.273. The number of rotatable bonds is 2. The molecule has 1 heterocycles. The summed E-state index contributed by atoms with van der Waals surface area (Å²) < 4.78 is 5.28. The molecule has 0 bridgehead atoms. The highest BCUT2D eigenvalue weighted by Gasteiger charge is 2.17. The lowest BCUT2D eigenvalue weighted by molar-refractivity contribution is 0.119. The molecule has 0 amide bonds. The maximum absolute atomic E-state index is 9.88. The highest BCUT2D eigenvalue weighted by molar-refractivity contribution is 5.40. The first kappa shape index (κ1) is 9.09. The van der Waals surface area contributed by atoms with Crippen molar-refractivity contribution >= 4 is 5.69 Å².